The summed E-state index contributed by atoms with van der Waals surface area (Å²) in [5, 5.41) is 2.74. The van der Waals surface area contributed by atoms with Crippen LogP contribution >= 0.6 is 0 Å². The van der Waals surface area contributed by atoms with Gasteiger partial charge in [0.1, 0.15) is 5.75 Å². The highest BCUT2D eigenvalue weighted by Crippen LogP contribution is 2.13. The number of benzene rings is 1. The maximum absolute atomic E-state index is 11.6. The van der Waals surface area contributed by atoms with Gasteiger partial charge in [0.05, 0.1) is 6.61 Å². The Bertz CT molecular complexity index is 384. The van der Waals surface area contributed by atoms with Gasteiger partial charge in [0.2, 0.25) is 0 Å². The lowest BCUT2D eigenvalue weighted by Crippen LogP contribution is -2.22. The molecule has 0 saturated carbocycles. The van der Waals surface area contributed by atoms with Crippen molar-refractivity contribution < 1.29 is 9.53 Å². The molecule has 1 amide bonds. The molecule has 1 rings (SSSR count). The molecule has 0 aliphatic rings. The van der Waals surface area contributed by atoms with Gasteiger partial charge in [-0.3, -0.25) is 4.79 Å². The van der Waals surface area contributed by atoms with Crippen molar-refractivity contribution in [2.75, 3.05) is 13.2 Å². The van der Waals surface area contributed by atoms with E-state index in [4.69, 9.17) is 4.74 Å². The molecule has 0 saturated heterocycles. The lowest BCUT2D eigenvalue weighted by atomic mass is 10.2. The van der Waals surface area contributed by atoms with Crippen LogP contribution in [0.25, 0.3) is 0 Å². The Morgan fingerprint density at radius 2 is 2.00 bits per heavy atom. The minimum absolute atomic E-state index is 0.0885. The van der Waals surface area contributed by atoms with Crippen LogP contribution in [0.15, 0.2) is 36.9 Å². The van der Waals surface area contributed by atoms with Crippen molar-refractivity contribution in [3.8, 4) is 5.75 Å². The minimum Gasteiger partial charge on any atom is -0.494 e. The summed E-state index contributed by atoms with van der Waals surface area (Å²) in [6.45, 7) is 6.97. The zero-order valence-corrected chi connectivity index (χ0v) is 11.7. The second kappa shape index (κ2) is 9.20. The van der Waals surface area contributed by atoms with E-state index in [1.807, 2.05) is 12.1 Å². The molecular formula is C16H23NO2. The van der Waals surface area contributed by atoms with Crippen molar-refractivity contribution in [2.45, 2.75) is 32.6 Å². The topological polar surface area (TPSA) is 38.3 Å². The lowest BCUT2D eigenvalue weighted by molar-refractivity contribution is 0.0958. The third-order valence-corrected chi connectivity index (χ3v) is 2.79. The van der Waals surface area contributed by atoms with Gasteiger partial charge in [-0.25, -0.2) is 0 Å². The van der Waals surface area contributed by atoms with Crippen molar-refractivity contribution in [3.63, 3.8) is 0 Å². The predicted octanol–water partition coefficient (Wildman–Crippen LogP) is 3.56. The molecule has 3 heteroatoms. The summed E-state index contributed by atoms with van der Waals surface area (Å²) >= 11 is 0. The molecule has 1 N–H and O–H groups in total. The van der Waals surface area contributed by atoms with Gasteiger partial charge >= 0.3 is 0 Å². The number of carbonyl (C=O) groups excluding carboxylic acids is 1. The van der Waals surface area contributed by atoms with E-state index in [2.05, 4.69) is 18.8 Å². The fourth-order valence-corrected chi connectivity index (χ4v) is 1.69. The molecule has 1 aromatic carbocycles. The van der Waals surface area contributed by atoms with Crippen LogP contribution in [-0.4, -0.2) is 19.1 Å². The van der Waals surface area contributed by atoms with Crippen LogP contribution < -0.4 is 10.1 Å². The Morgan fingerprint density at radius 1 is 1.26 bits per heavy atom. The summed E-state index contributed by atoms with van der Waals surface area (Å²) in [5.41, 5.74) is 0.639. The van der Waals surface area contributed by atoms with Crippen molar-refractivity contribution in [1.82, 2.24) is 5.32 Å². The summed E-state index contributed by atoms with van der Waals surface area (Å²) in [5.74, 6) is 0.728. The summed E-state index contributed by atoms with van der Waals surface area (Å²) in [6, 6.07) is 7.23. The Balaban J connectivity index is 2.34. The number of rotatable bonds is 9. The number of hydrogen-bond acceptors (Lipinski definition) is 2. The molecular weight excluding hydrogens is 238 g/mol. The maximum atomic E-state index is 11.6. The van der Waals surface area contributed by atoms with Crippen molar-refractivity contribution in [3.05, 3.63) is 42.5 Å². The first-order chi connectivity index (χ1) is 9.27. The molecule has 3 nitrogen and oxygen atoms in total. The summed E-state index contributed by atoms with van der Waals surface area (Å²) < 4.78 is 5.62. The van der Waals surface area contributed by atoms with E-state index in [1.165, 1.54) is 19.3 Å². The Hall–Kier alpha value is -1.77. The summed E-state index contributed by atoms with van der Waals surface area (Å²) in [6.07, 6.45) is 6.43. The van der Waals surface area contributed by atoms with Gasteiger partial charge < -0.3 is 10.1 Å². The first-order valence-corrected chi connectivity index (χ1v) is 6.90. The van der Waals surface area contributed by atoms with Crippen molar-refractivity contribution in [2.24, 2.45) is 0 Å². The normalized spacial score (nSPS) is 9.95. The van der Waals surface area contributed by atoms with Crippen LogP contribution in [0.3, 0.4) is 0 Å². The smallest absolute Gasteiger partial charge is 0.251 e. The maximum Gasteiger partial charge on any atom is 0.251 e. The molecule has 0 aliphatic heterocycles. The highest BCUT2D eigenvalue weighted by molar-refractivity contribution is 5.94. The molecule has 0 atom stereocenters. The largest absolute Gasteiger partial charge is 0.494 e. The van der Waals surface area contributed by atoms with E-state index < -0.39 is 0 Å². The van der Waals surface area contributed by atoms with Crippen LogP contribution in [0.4, 0.5) is 0 Å². The highest BCUT2D eigenvalue weighted by Gasteiger charge is 2.03. The van der Waals surface area contributed by atoms with Crippen molar-refractivity contribution in [1.29, 1.82) is 0 Å². The van der Waals surface area contributed by atoms with Gasteiger partial charge in [0, 0.05) is 12.1 Å². The first kappa shape index (κ1) is 15.3. The van der Waals surface area contributed by atoms with Gasteiger partial charge in [-0.05, 0) is 30.7 Å². The first-order valence-electron chi connectivity index (χ1n) is 6.90. The molecule has 19 heavy (non-hydrogen) atoms. The molecule has 0 unspecified atom stereocenters. The fourth-order valence-electron chi connectivity index (χ4n) is 1.69. The van der Waals surface area contributed by atoms with Crippen LogP contribution in [0.5, 0.6) is 5.75 Å². The van der Waals surface area contributed by atoms with Crippen LogP contribution in [0, 0.1) is 0 Å². The molecule has 0 fully saturated rings. The van der Waals surface area contributed by atoms with Gasteiger partial charge in [-0.15, -0.1) is 6.58 Å². The number of hydrogen-bond donors (Lipinski definition) is 1. The zero-order valence-electron chi connectivity index (χ0n) is 11.7. The van der Waals surface area contributed by atoms with Gasteiger partial charge in [-0.2, -0.15) is 0 Å². The summed E-state index contributed by atoms with van der Waals surface area (Å²) in [7, 11) is 0. The highest BCUT2D eigenvalue weighted by atomic mass is 16.5. The average molecular weight is 261 g/mol. The van der Waals surface area contributed by atoms with Crippen LogP contribution in [0.1, 0.15) is 43.0 Å². The molecule has 0 bridgehead atoms. The number of ether oxygens (including phenoxy) is 1. The number of amides is 1. The zero-order chi connectivity index (χ0) is 13.9. The van der Waals surface area contributed by atoms with Crippen molar-refractivity contribution >= 4 is 5.91 Å². The van der Waals surface area contributed by atoms with E-state index in [0.717, 1.165) is 18.8 Å². The SMILES string of the molecule is C=CCNC(=O)c1ccc(OCCCCCC)cc1. The molecule has 0 heterocycles. The van der Waals surface area contributed by atoms with Gasteiger partial charge in [0.15, 0.2) is 0 Å². The quantitative estimate of drug-likeness (QED) is 0.545. The van der Waals surface area contributed by atoms with E-state index >= 15 is 0 Å². The van der Waals surface area contributed by atoms with Crippen LogP contribution in [-0.2, 0) is 0 Å². The molecule has 1 aromatic rings. The van der Waals surface area contributed by atoms with Crippen LogP contribution in [0.2, 0.25) is 0 Å². The summed E-state index contributed by atoms with van der Waals surface area (Å²) in [4.78, 5) is 11.6. The average Bonchev–Trinajstić information content (AvgIpc) is 2.45. The van der Waals surface area contributed by atoms with Gasteiger partial charge in [-0.1, -0.05) is 32.3 Å². The van der Waals surface area contributed by atoms with E-state index in [9.17, 15) is 4.79 Å². The second-order valence-electron chi connectivity index (χ2n) is 4.43. The standard InChI is InChI=1S/C16H23NO2/c1-3-5-6-7-13-19-15-10-8-14(9-11-15)16(18)17-12-4-2/h4,8-11H,2-3,5-7,12-13H2,1H3,(H,17,18). The fraction of sp³-hybridized carbons (Fsp3) is 0.438. The Labute approximate surface area is 115 Å². The third kappa shape index (κ3) is 6.09. The molecule has 0 aliphatic carbocycles. The number of unbranched alkanes of at least 4 members (excludes halogenated alkanes) is 3. The Morgan fingerprint density at radius 3 is 2.63 bits per heavy atom. The number of carbonyl (C=O) groups is 1. The van der Waals surface area contributed by atoms with E-state index in [-0.39, 0.29) is 5.91 Å². The minimum atomic E-state index is -0.0885. The molecule has 104 valence electrons. The van der Waals surface area contributed by atoms with E-state index in [1.54, 1.807) is 18.2 Å². The monoisotopic (exact) mass is 261 g/mol. The second-order valence-corrected chi connectivity index (χ2v) is 4.43. The molecule has 0 spiro atoms. The van der Waals surface area contributed by atoms with E-state index in [0.29, 0.717) is 12.1 Å². The Kier molecular flexibility index (Phi) is 7.40. The number of nitrogens with one attached hydrogen (secondary N) is 1. The molecule has 0 aromatic heterocycles. The predicted molar refractivity (Wildman–Crippen MR) is 78.6 cm³/mol. The lowest BCUT2D eigenvalue weighted by Gasteiger charge is -2.07. The third-order valence-electron chi connectivity index (χ3n) is 2.79. The molecule has 0 radical (unpaired) electrons. The van der Waals surface area contributed by atoms with Gasteiger partial charge in [0.25, 0.3) is 5.91 Å².